The summed E-state index contributed by atoms with van der Waals surface area (Å²) in [5.41, 5.74) is 4.28. The molecule has 30 heavy (non-hydrogen) atoms. The van der Waals surface area contributed by atoms with E-state index in [9.17, 15) is 4.79 Å². The molecule has 3 heterocycles. The zero-order valence-corrected chi connectivity index (χ0v) is 18.0. The second-order valence-corrected chi connectivity index (χ2v) is 8.39. The van der Waals surface area contributed by atoms with Crippen LogP contribution < -0.4 is 10.1 Å². The molecule has 1 fully saturated rings. The lowest BCUT2D eigenvalue weighted by Gasteiger charge is -2.26. The molecule has 1 aromatic heterocycles. The lowest BCUT2D eigenvalue weighted by molar-refractivity contribution is -0.110. The molecule has 0 bridgehead atoms. The van der Waals surface area contributed by atoms with Crippen LogP contribution in [0.5, 0.6) is 5.75 Å². The Morgan fingerprint density at radius 3 is 2.87 bits per heavy atom. The average molecular weight is 468 g/mol. The molecule has 0 radical (unpaired) electrons. The van der Waals surface area contributed by atoms with E-state index in [1.807, 2.05) is 48.5 Å². The Hall–Kier alpha value is -2.61. The van der Waals surface area contributed by atoms with Crippen LogP contribution in [0.1, 0.15) is 11.3 Å². The Labute approximate surface area is 183 Å². The molecule has 2 aliphatic heterocycles. The van der Waals surface area contributed by atoms with Crippen molar-refractivity contribution in [3.05, 3.63) is 58.2 Å². The zero-order valence-electron chi connectivity index (χ0n) is 16.4. The SMILES string of the molecule is O=C1Nc2ccc(Br)cc2C1=Cc1cc2cc(OCCN3CCOCC3)ccc2[nH]1. The van der Waals surface area contributed by atoms with Gasteiger partial charge in [0.15, 0.2) is 0 Å². The lowest BCUT2D eigenvalue weighted by atomic mass is 10.1. The van der Waals surface area contributed by atoms with Crippen LogP contribution in [0.2, 0.25) is 0 Å². The molecule has 0 aliphatic carbocycles. The number of nitrogens with one attached hydrogen (secondary N) is 2. The number of fused-ring (bicyclic) bond motifs is 2. The Kier molecular flexibility index (Phi) is 5.33. The first kappa shape index (κ1) is 19.4. The Morgan fingerprint density at radius 2 is 2.00 bits per heavy atom. The minimum absolute atomic E-state index is 0.0890. The van der Waals surface area contributed by atoms with Crippen molar-refractivity contribution in [1.82, 2.24) is 9.88 Å². The highest BCUT2D eigenvalue weighted by Crippen LogP contribution is 2.35. The molecule has 7 heteroatoms. The van der Waals surface area contributed by atoms with E-state index in [0.29, 0.717) is 12.2 Å². The first-order valence-corrected chi connectivity index (χ1v) is 10.8. The molecule has 5 rings (SSSR count). The van der Waals surface area contributed by atoms with E-state index in [1.54, 1.807) is 0 Å². The summed E-state index contributed by atoms with van der Waals surface area (Å²) in [6.45, 7) is 5.08. The highest BCUT2D eigenvalue weighted by Gasteiger charge is 2.24. The monoisotopic (exact) mass is 467 g/mol. The first-order chi connectivity index (χ1) is 14.7. The number of nitrogens with zero attached hydrogens (tertiary/aromatic N) is 1. The molecule has 0 unspecified atom stereocenters. The van der Waals surface area contributed by atoms with Crippen LogP contribution in [-0.4, -0.2) is 55.2 Å². The van der Waals surface area contributed by atoms with Crippen molar-refractivity contribution in [2.24, 2.45) is 0 Å². The van der Waals surface area contributed by atoms with Gasteiger partial charge in [0.1, 0.15) is 12.4 Å². The third-order valence-corrected chi connectivity index (χ3v) is 5.95. The summed E-state index contributed by atoms with van der Waals surface area (Å²) in [5.74, 6) is 0.760. The van der Waals surface area contributed by atoms with Crippen molar-refractivity contribution in [1.29, 1.82) is 0 Å². The van der Waals surface area contributed by atoms with Crippen LogP contribution in [0.15, 0.2) is 46.9 Å². The van der Waals surface area contributed by atoms with Crippen LogP contribution in [0.3, 0.4) is 0 Å². The van der Waals surface area contributed by atoms with E-state index >= 15 is 0 Å². The standard InChI is InChI=1S/C23H22BrN3O3/c24-16-1-3-22-19(13-16)20(23(28)26-22)14-17-11-15-12-18(2-4-21(15)25-17)30-10-7-27-5-8-29-9-6-27/h1-4,11-14,25H,5-10H2,(H,26,28). The quantitative estimate of drug-likeness (QED) is 0.553. The van der Waals surface area contributed by atoms with Gasteiger partial charge < -0.3 is 19.8 Å². The van der Waals surface area contributed by atoms with Gasteiger partial charge in [0, 0.05) is 52.0 Å². The van der Waals surface area contributed by atoms with Gasteiger partial charge in [0.25, 0.3) is 5.91 Å². The minimum atomic E-state index is -0.0890. The van der Waals surface area contributed by atoms with Gasteiger partial charge in [0.2, 0.25) is 0 Å². The fourth-order valence-electron chi connectivity index (χ4n) is 3.88. The fourth-order valence-corrected chi connectivity index (χ4v) is 4.24. The highest BCUT2D eigenvalue weighted by atomic mass is 79.9. The van der Waals surface area contributed by atoms with Gasteiger partial charge in [-0.3, -0.25) is 9.69 Å². The van der Waals surface area contributed by atoms with Crippen LogP contribution in [0.4, 0.5) is 5.69 Å². The van der Waals surface area contributed by atoms with E-state index < -0.39 is 0 Å². The molecular formula is C23H22BrN3O3. The number of H-pyrrole nitrogens is 1. The lowest BCUT2D eigenvalue weighted by Crippen LogP contribution is -2.38. The maximum Gasteiger partial charge on any atom is 0.256 e. The third kappa shape index (κ3) is 4.01. The Morgan fingerprint density at radius 1 is 1.13 bits per heavy atom. The van der Waals surface area contributed by atoms with Gasteiger partial charge in [-0.2, -0.15) is 0 Å². The van der Waals surface area contributed by atoms with E-state index in [2.05, 4.69) is 31.1 Å². The Bertz CT molecular complexity index is 1130. The highest BCUT2D eigenvalue weighted by molar-refractivity contribution is 9.10. The summed E-state index contributed by atoms with van der Waals surface area (Å²) >= 11 is 3.48. The largest absolute Gasteiger partial charge is 0.492 e. The van der Waals surface area contributed by atoms with Crippen molar-refractivity contribution >= 4 is 50.1 Å². The number of aromatic amines is 1. The fraction of sp³-hybridized carbons (Fsp3) is 0.261. The molecule has 6 nitrogen and oxygen atoms in total. The van der Waals surface area contributed by atoms with Crippen LogP contribution >= 0.6 is 15.9 Å². The number of carbonyl (C=O) groups is 1. The molecule has 2 N–H and O–H groups in total. The molecule has 0 saturated carbocycles. The number of hydrogen-bond donors (Lipinski definition) is 2. The predicted molar refractivity (Wildman–Crippen MR) is 122 cm³/mol. The second kappa shape index (κ2) is 8.26. The third-order valence-electron chi connectivity index (χ3n) is 5.46. The van der Waals surface area contributed by atoms with Gasteiger partial charge in [0.05, 0.1) is 18.8 Å². The first-order valence-electron chi connectivity index (χ1n) is 10.0. The van der Waals surface area contributed by atoms with Crippen molar-refractivity contribution in [3.8, 4) is 5.75 Å². The number of halogens is 1. The van der Waals surface area contributed by atoms with Crippen LogP contribution in [0, 0.1) is 0 Å². The van der Waals surface area contributed by atoms with Crippen molar-refractivity contribution in [2.75, 3.05) is 44.8 Å². The number of carbonyl (C=O) groups excluding carboxylic acids is 1. The van der Waals surface area contributed by atoms with Gasteiger partial charge in [-0.15, -0.1) is 0 Å². The zero-order chi connectivity index (χ0) is 20.5. The maximum absolute atomic E-state index is 12.4. The van der Waals surface area contributed by atoms with Crippen molar-refractivity contribution in [2.45, 2.75) is 0 Å². The molecule has 2 aromatic carbocycles. The summed E-state index contributed by atoms with van der Waals surface area (Å²) in [6.07, 6.45) is 1.90. The summed E-state index contributed by atoms with van der Waals surface area (Å²) in [5, 5.41) is 3.97. The molecule has 1 saturated heterocycles. The number of morpholine rings is 1. The number of rotatable bonds is 5. The molecule has 2 aliphatic rings. The molecule has 3 aromatic rings. The number of ether oxygens (including phenoxy) is 2. The number of anilines is 1. The summed E-state index contributed by atoms with van der Waals surface area (Å²) in [6, 6.07) is 13.9. The number of hydrogen-bond acceptors (Lipinski definition) is 4. The van der Waals surface area contributed by atoms with E-state index in [0.717, 1.165) is 70.9 Å². The van der Waals surface area contributed by atoms with Crippen LogP contribution in [-0.2, 0) is 9.53 Å². The number of amides is 1. The predicted octanol–water partition coefficient (Wildman–Crippen LogP) is 4.13. The molecular weight excluding hydrogens is 446 g/mol. The summed E-state index contributed by atoms with van der Waals surface area (Å²) in [7, 11) is 0. The van der Waals surface area contributed by atoms with Crippen molar-refractivity contribution < 1.29 is 14.3 Å². The molecule has 0 spiro atoms. The molecule has 154 valence electrons. The van der Waals surface area contributed by atoms with Gasteiger partial charge in [-0.1, -0.05) is 15.9 Å². The second-order valence-electron chi connectivity index (χ2n) is 7.48. The maximum atomic E-state index is 12.4. The number of benzene rings is 2. The van der Waals surface area contributed by atoms with Crippen molar-refractivity contribution in [3.63, 3.8) is 0 Å². The van der Waals surface area contributed by atoms with E-state index in [1.165, 1.54) is 0 Å². The molecule has 1 amide bonds. The van der Waals surface area contributed by atoms with Crippen LogP contribution in [0.25, 0.3) is 22.6 Å². The minimum Gasteiger partial charge on any atom is -0.492 e. The smallest absolute Gasteiger partial charge is 0.256 e. The van der Waals surface area contributed by atoms with E-state index in [-0.39, 0.29) is 5.91 Å². The number of aromatic nitrogens is 1. The topological polar surface area (TPSA) is 66.6 Å². The van der Waals surface area contributed by atoms with Gasteiger partial charge in [-0.25, -0.2) is 0 Å². The molecule has 0 atom stereocenters. The van der Waals surface area contributed by atoms with Gasteiger partial charge in [-0.05, 0) is 48.5 Å². The van der Waals surface area contributed by atoms with E-state index in [4.69, 9.17) is 9.47 Å². The van der Waals surface area contributed by atoms with Gasteiger partial charge >= 0.3 is 0 Å². The Balaban J connectivity index is 1.33. The summed E-state index contributed by atoms with van der Waals surface area (Å²) < 4.78 is 12.3. The normalized spacial score (nSPS) is 18.0. The summed E-state index contributed by atoms with van der Waals surface area (Å²) in [4.78, 5) is 18.2. The average Bonchev–Trinajstić information content (AvgIpc) is 3.29.